The van der Waals surface area contributed by atoms with Crippen molar-refractivity contribution >= 4 is 5.97 Å². The molecule has 150 valence electrons. The number of esters is 1. The summed E-state index contributed by atoms with van der Waals surface area (Å²) in [5.41, 5.74) is 4.41. The van der Waals surface area contributed by atoms with Crippen LogP contribution in [0.1, 0.15) is 30.8 Å². The molecule has 0 bridgehead atoms. The molecule has 1 aliphatic rings. The molecule has 7 nitrogen and oxygen atoms in total. The maximum absolute atomic E-state index is 11.3. The number of aryl methyl sites for hydroxylation is 2. The number of carbonyl (C=O) groups is 1. The van der Waals surface area contributed by atoms with Crippen molar-refractivity contribution in [2.24, 2.45) is 0 Å². The number of methoxy groups -OCH3 is 1. The third-order valence-corrected chi connectivity index (χ3v) is 4.82. The molecule has 3 heterocycles. The van der Waals surface area contributed by atoms with Gasteiger partial charge in [0.05, 0.1) is 24.2 Å². The van der Waals surface area contributed by atoms with Crippen LogP contribution in [-0.4, -0.2) is 34.8 Å². The van der Waals surface area contributed by atoms with E-state index in [1.54, 1.807) is 0 Å². The molecule has 2 aromatic heterocycles. The van der Waals surface area contributed by atoms with Crippen LogP contribution < -0.4 is 9.47 Å². The lowest BCUT2D eigenvalue weighted by atomic mass is 10.1. The average Bonchev–Trinajstić information content (AvgIpc) is 3.37. The van der Waals surface area contributed by atoms with E-state index in [2.05, 4.69) is 9.97 Å². The highest BCUT2D eigenvalue weighted by molar-refractivity contribution is 5.78. The summed E-state index contributed by atoms with van der Waals surface area (Å²) in [7, 11) is 1.41. The van der Waals surface area contributed by atoms with Crippen LogP contribution >= 0.6 is 0 Å². The van der Waals surface area contributed by atoms with Crippen molar-refractivity contribution < 1.29 is 19.0 Å². The van der Waals surface area contributed by atoms with Crippen molar-refractivity contribution in [3.05, 3.63) is 47.9 Å². The minimum absolute atomic E-state index is 0.185. The van der Waals surface area contributed by atoms with Gasteiger partial charge in [0.15, 0.2) is 11.5 Å². The zero-order chi connectivity index (χ0) is 20.2. The van der Waals surface area contributed by atoms with E-state index < -0.39 is 0 Å². The monoisotopic (exact) mass is 393 g/mol. The quantitative estimate of drug-likeness (QED) is 0.481. The van der Waals surface area contributed by atoms with Crippen LogP contribution in [0, 0.1) is 6.92 Å². The largest absolute Gasteiger partial charge is 0.469 e. The van der Waals surface area contributed by atoms with Crippen molar-refractivity contribution in [1.82, 2.24) is 15.0 Å². The molecule has 0 atom stereocenters. The van der Waals surface area contributed by atoms with Crippen molar-refractivity contribution in [3.63, 3.8) is 0 Å². The molecule has 0 saturated carbocycles. The fourth-order valence-corrected chi connectivity index (χ4v) is 3.32. The SMILES string of the molecule is COC(=O)CCCCc1nc(-c2ccc3c(c2)OCO3)c(-c2cccc(C)n2)[nH]1. The number of benzene rings is 1. The summed E-state index contributed by atoms with van der Waals surface area (Å²) in [6, 6.07) is 11.7. The third-order valence-electron chi connectivity index (χ3n) is 4.82. The molecule has 1 aliphatic heterocycles. The number of fused-ring (bicyclic) bond motifs is 1. The average molecular weight is 393 g/mol. The molecule has 1 N–H and O–H groups in total. The van der Waals surface area contributed by atoms with Crippen molar-refractivity contribution in [3.8, 4) is 34.1 Å². The number of hydrogen-bond donors (Lipinski definition) is 1. The number of hydrogen-bond acceptors (Lipinski definition) is 6. The summed E-state index contributed by atoms with van der Waals surface area (Å²) in [6.45, 7) is 2.20. The van der Waals surface area contributed by atoms with Gasteiger partial charge in [-0.05, 0) is 50.1 Å². The summed E-state index contributed by atoms with van der Waals surface area (Å²) in [4.78, 5) is 24.2. The van der Waals surface area contributed by atoms with Crippen LogP contribution in [0.15, 0.2) is 36.4 Å². The second-order valence-corrected chi connectivity index (χ2v) is 6.92. The number of H-pyrrole nitrogens is 1. The van der Waals surface area contributed by atoms with E-state index in [0.29, 0.717) is 12.2 Å². The number of aromatic amines is 1. The Balaban J connectivity index is 1.63. The first-order valence-electron chi connectivity index (χ1n) is 9.64. The van der Waals surface area contributed by atoms with Crippen LogP contribution in [-0.2, 0) is 16.0 Å². The Morgan fingerprint density at radius 1 is 1.14 bits per heavy atom. The molecule has 0 amide bonds. The van der Waals surface area contributed by atoms with Crippen LogP contribution in [0.3, 0.4) is 0 Å². The normalized spacial score (nSPS) is 12.2. The summed E-state index contributed by atoms with van der Waals surface area (Å²) in [5, 5.41) is 0. The van der Waals surface area contributed by atoms with E-state index in [1.807, 2.05) is 43.3 Å². The third kappa shape index (κ3) is 4.23. The lowest BCUT2D eigenvalue weighted by Gasteiger charge is -2.04. The molecule has 0 unspecified atom stereocenters. The number of nitrogens with one attached hydrogen (secondary N) is 1. The number of pyridine rings is 1. The summed E-state index contributed by atoms with van der Waals surface area (Å²) in [5.74, 6) is 2.13. The highest BCUT2D eigenvalue weighted by Gasteiger charge is 2.19. The van der Waals surface area contributed by atoms with E-state index >= 15 is 0 Å². The van der Waals surface area contributed by atoms with E-state index in [1.165, 1.54) is 7.11 Å². The van der Waals surface area contributed by atoms with Gasteiger partial charge in [0.25, 0.3) is 0 Å². The van der Waals surface area contributed by atoms with E-state index in [0.717, 1.165) is 59.2 Å². The second kappa shape index (κ2) is 8.34. The van der Waals surface area contributed by atoms with Crippen LogP contribution in [0.5, 0.6) is 11.5 Å². The first-order valence-corrected chi connectivity index (χ1v) is 9.64. The van der Waals surface area contributed by atoms with Gasteiger partial charge in [-0.3, -0.25) is 9.78 Å². The van der Waals surface area contributed by atoms with Crippen molar-refractivity contribution in [2.75, 3.05) is 13.9 Å². The van der Waals surface area contributed by atoms with Crippen molar-refractivity contribution in [2.45, 2.75) is 32.6 Å². The fourth-order valence-electron chi connectivity index (χ4n) is 3.32. The van der Waals surface area contributed by atoms with Crippen molar-refractivity contribution in [1.29, 1.82) is 0 Å². The van der Waals surface area contributed by atoms with Gasteiger partial charge in [-0.25, -0.2) is 4.98 Å². The Morgan fingerprint density at radius 2 is 2.00 bits per heavy atom. The number of nitrogens with zero attached hydrogens (tertiary/aromatic N) is 2. The second-order valence-electron chi connectivity index (χ2n) is 6.92. The summed E-state index contributed by atoms with van der Waals surface area (Å²) >= 11 is 0. The molecular formula is C22H23N3O4. The molecule has 4 rings (SSSR count). The molecule has 1 aromatic carbocycles. The Labute approximate surface area is 169 Å². The predicted molar refractivity (Wildman–Crippen MR) is 108 cm³/mol. The highest BCUT2D eigenvalue weighted by Crippen LogP contribution is 2.38. The molecule has 0 fully saturated rings. The number of ether oxygens (including phenoxy) is 3. The lowest BCUT2D eigenvalue weighted by molar-refractivity contribution is -0.140. The maximum atomic E-state index is 11.3. The number of unbranched alkanes of at least 4 members (excludes halogenated alkanes) is 1. The van der Waals surface area contributed by atoms with Gasteiger partial charge in [0.1, 0.15) is 5.82 Å². The highest BCUT2D eigenvalue weighted by atomic mass is 16.7. The predicted octanol–water partition coefficient (Wildman–Crippen LogP) is 4.06. The molecule has 0 saturated heterocycles. The zero-order valence-electron chi connectivity index (χ0n) is 16.5. The van der Waals surface area contributed by atoms with Gasteiger partial charge in [0.2, 0.25) is 6.79 Å². The summed E-state index contributed by atoms with van der Waals surface area (Å²) in [6.07, 6.45) is 2.74. The van der Waals surface area contributed by atoms with Gasteiger partial charge in [-0.15, -0.1) is 0 Å². The number of carbonyl (C=O) groups excluding carboxylic acids is 1. The molecule has 29 heavy (non-hydrogen) atoms. The van der Waals surface area contributed by atoms with Gasteiger partial charge in [0, 0.05) is 24.1 Å². The molecule has 7 heteroatoms. The topological polar surface area (TPSA) is 86.3 Å². The fraction of sp³-hybridized carbons (Fsp3) is 0.318. The standard InChI is InChI=1S/C22H23N3O4/c1-14-6-5-7-16(23-14)22-21(15-10-11-17-18(12-15)29-13-28-17)24-19(25-22)8-3-4-9-20(26)27-2/h5-7,10-12H,3-4,8-9,13H2,1-2H3,(H,24,25). The van der Waals surface area contributed by atoms with Gasteiger partial charge in [-0.1, -0.05) is 6.07 Å². The summed E-state index contributed by atoms with van der Waals surface area (Å²) < 4.78 is 15.6. The molecule has 0 radical (unpaired) electrons. The molecular weight excluding hydrogens is 370 g/mol. The first kappa shape index (κ1) is 19.0. The van der Waals surface area contributed by atoms with E-state index in [9.17, 15) is 4.79 Å². The maximum Gasteiger partial charge on any atom is 0.305 e. The number of aromatic nitrogens is 3. The van der Waals surface area contributed by atoms with Gasteiger partial charge >= 0.3 is 5.97 Å². The Hall–Kier alpha value is -3.35. The van der Waals surface area contributed by atoms with Crippen LogP contribution in [0.4, 0.5) is 0 Å². The minimum Gasteiger partial charge on any atom is -0.469 e. The van der Waals surface area contributed by atoms with Gasteiger partial charge < -0.3 is 19.2 Å². The smallest absolute Gasteiger partial charge is 0.305 e. The molecule has 0 spiro atoms. The van der Waals surface area contributed by atoms with Crippen LogP contribution in [0.2, 0.25) is 0 Å². The van der Waals surface area contributed by atoms with E-state index in [-0.39, 0.29) is 12.8 Å². The Bertz CT molecular complexity index is 1030. The minimum atomic E-state index is -0.185. The number of rotatable bonds is 7. The zero-order valence-corrected chi connectivity index (χ0v) is 16.5. The molecule has 3 aromatic rings. The van der Waals surface area contributed by atoms with Crippen LogP contribution in [0.25, 0.3) is 22.6 Å². The molecule has 0 aliphatic carbocycles. The lowest BCUT2D eigenvalue weighted by Crippen LogP contribution is -2.00. The van der Waals surface area contributed by atoms with Gasteiger partial charge in [-0.2, -0.15) is 0 Å². The van der Waals surface area contributed by atoms with E-state index in [4.69, 9.17) is 19.2 Å². The Morgan fingerprint density at radius 3 is 2.83 bits per heavy atom. The number of imidazole rings is 1. The Kier molecular flexibility index (Phi) is 5.46. The first-order chi connectivity index (χ1) is 14.1.